The number of anilines is 1. The van der Waals surface area contributed by atoms with E-state index in [1.807, 2.05) is 5.32 Å². The highest BCUT2D eigenvalue weighted by molar-refractivity contribution is 6.04. The van der Waals surface area contributed by atoms with Crippen LogP contribution in [0.25, 0.3) is 0 Å². The first-order valence-corrected chi connectivity index (χ1v) is 5.73. The van der Waals surface area contributed by atoms with Gasteiger partial charge in [0.25, 0.3) is 0 Å². The van der Waals surface area contributed by atoms with Gasteiger partial charge in [-0.2, -0.15) is 0 Å². The summed E-state index contributed by atoms with van der Waals surface area (Å²) in [4.78, 5) is 23.0. The van der Waals surface area contributed by atoms with Crippen molar-refractivity contribution in [3.8, 4) is 0 Å². The molecule has 4 nitrogen and oxygen atoms in total. The van der Waals surface area contributed by atoms with Crippen molar-refractivity contribution in [2.24, 2.45) is 11.3 Å². The molecule has 0 bridgehead atoms. The van der Waals surface area contributed by atoms with E-state index in [1.165, 1.54) is 20.8 Å². The molecule has 0 spiro atoms. The van der Waals surface area contributed by atoms with Crippen molar-refractivity contribution in [1.29, 1.82) is 0 Å². The van der Waals surface area contributed by atoms with E-state index in [0.717, 1.165) is 6.07 Å². The van der Waals surface area contributed by atoms with Gasteiger partial charge in [0.15, 0.2) is 17.5 Å². The van der Waals surface area contributed by atoms with Crippen LogP contribution in [0.5, 0.6) is 0 Å². The van der Waals surface area contributed by atoms with Crippen molar-refractivity contribution >= 4 is 17.6 Å². The van der Waals surface area contributed by atoms with Gasteiger partial charge in [0.1, 0.15) is 5.92 Å². The summed E-state index contributed by atoms with van der Waals surface area (Å²) in [6.45, 7) is 4.56. The topological polar surface area (TPSA) is 66.4 Å². The Morgan fingerprint density at radius 2 is 1.70 bits per heavy atom. The van der Waals surface area contributed by atoms with Crippen LogP contribution in [0.15, 0.2) is 12.1 Å². The molecule has 20 heavy (non-hydrogen) atoms. The largest absolute Gasteiger partial charge is 0.481 e. The summed E-state index contributed by atoms with van der Waals surface area (Å²) in [6.07, 6.45) is 0. The van der Waals surface area contributed by atoms with Gasteiger partial charge in [0, 0.05) is 0 Å². The highest BCUT2D eigenvalue weighted by Crippen LogP contribution is 2.28. The molecule has 1 unspecified atom stereocenters. The van der Waals surface area contributed by atoms with E-state index in [1.54, 1.807) is 0 Å². The Morgan fingerprint density at radius 3 is 2.15 bits per heavy atom. The van der Waals surface area contributed by atoms with E-state index in [-0.39, 0.29) is 0 Å². The van der Waals surface area contributed by atoms with E-state index in [2.05, 4.69) is 0 Å². The van der Waals surface area contributed by atoms with Crippen LogP contribution in [0, 0.1) is 28.8 Å². The van der Waals surface area contributed by atoms with Crippen LogP contribution >= 0.6 is 0 Å². The summed E-state index contributed by atoms with van der Waals surface area (Å²) in [5.41, 5.74) is -1.53. The smallest absolute Gasteiger partial charge is 0.316 e. The second kappa shape index (κ2) is 5.52. The quantitative estimate of drug-likeness (QED) is 0.664. The Hall–Kier alpha value is -2.05. The van der Waals surface area contributed by atoms with Gasteiger partial charge >= 0.3 is 5.97 Å². The van der Waals surface area contributed by atoms with Gasteiger partial charge in [-0.05, 0) is 17.5 Å². The fourth-order valence-electron chi connectivity index (χ4n) is 1.70. The SMILES string of the molecule is CC(C)(C)C(C(=O)O)C(=O)Nc1ccc(F)c(F)c1F. The molecule has 0 aliphatic rings. The molecule has 110 valence electrons. The van der Waals surface area contributed by atoms with Crippen molar-refractivity contribution in [1.82, 2.24) is 0 Å². The number of rotatable bonds is 3. The minimum absolute atomic E-state index is 0.607. The van der Waals surface area contributed by atoms with Crippen LogP contribution in [0.1, 0.15) is 20.8 Å². The molecule has 7 heteroatoms. The van der Waals surface area contributed by atoms with E-state index in [4.69, 9.17) is 5.11 Å². The first kappa shape index (κ1) is 16.0. The summed E-state index contributed by atoms with van der Waals surface area (Å²) in [5.74, 6) is -8.56. The predicted molar refractivity (Wildman–Crippen MR) is 65.5 cm³/mol. The number of amides is 1. The normalized spacial score (nSPS) is 12.9. The lowest BCUT2D eigenvalue weighted by atomic mass is 9.80. The molecule has 0 saturated heterocycles. The Balaban J connectivity index is 3.07. The maximum atomic E-state index is 13.4. The molecule has 0 fully saturated rings. The lowest BCUT2D eigenvalue weighted by Crippen LogP contribution is -2.39. The van der Waals surface area contributed by atoms with Gasteiger partial charge < -0.3 is 10.4 Å². The first-order chi connectivity index (χ1) is 9.05. The van der Waals surface area contributed by atoms with Crippen molar-refractivity contribution < 1.29 is 27.9 Å². The number of hydrogen-bond acceptors (Lipinski definition) is 2. The molecule has 0 radical (unpaired) electrons. The predicted octanol–water partition coefficient (Wildman–Crippen LogP) is 2.79. The fourth-order valence-corrected chi connectivity index (χ4v) is 1.70. The summed E-state index contributed by atoms with van der Waals surface area (Å²) in [7, 11) is 0. The molecule has 0 aromatic heterocycles. The molecule has 1 rings (SSSR count). The summed E-state index contributed by atoms with van der Waals surface area (Å²) >= 11 is 0. The molecule has 1 aromatic rings. The lowest BCUT2D eigenvalue weighted by molar-refractivity contribution is -0.149. The zero-order valence-electron chi connectivity index (χ0n) is 11.1. The van der Waals surface area contributed by atoms with E-state index in [0.29, 0.717) is 6.07 Å². The standard InChI is InChI=1S/C13H14F3NO3/c1-13(2,3)8(12(19)20)11(18)17-7-5-4-6(14)9(15)10(7)16/h4-5,8H,1-3H3,(H,17,18)(H,19,20). The molecule has 0 aliphatic carbocycles. The van der Waals surface area contributed by atoms with Crippen LogP contribution in [0.2, 0.25) is 0 Å². The number of carbonyl (C=O) groups is 2. The average molecular weight is 289 g/mol. The number of halogens is 3. The van der Waals surface area contributed by atoms with Crippen molar-refractivity contribution in [3.63, 3.8) is 0 Å². The molecule has 1 aromatic carbocycles. The zero-order valence-corrected chi connectivity index (χ0v) is 11.1. The lowest BCUT2D eigenvalue weighted by Gasteiger charge is -2.26. The second-order valence-corrected chi connectivity index (χ2v) is 5.35. The highest BCUT2D eigenvalue weighted by Gasteiger charge is 2.38. The molecule has 1 amide bonds. The van der Waals surface area contributed by atoms with Crippen molar-refractivity contribution in [3.05, 3.63) is 29.6 Å². The highest BCUT2D eigenvalue weighted by atomic mass is 19.2. The summed E-state index contributed by atoms with van der Waals surface area (Å²) < 4.78 is 39.2. The van der Waals surface area contributed by atoms with Crippen LogP contribution in [-0.4, -0.2) is 17.0 Å². The van der Waals surface area contributed by atoms with E-state index in [9.17, 15) is 22.8 Å². The van der Waals surface area contributed by atoms with Gasteiger partial charge in [-0.3, -0.25) is 9.59 Å². The maximum Gasteiger partial charge on any atom is 0.316 e. The molecular weight excluding hydrogens is 275 g/mol. The molecule has 1 atom stereocenters. The molecule has 0 aliphatic heterocycles. The van der Waals surface area contributed by atoms with Gasteiger partial charge in [-0.15, -0.1) is 0 Å². The molecule has 2 N–H and O–H groups in total. The third-order valence-electron chi connectivity index (χ3n) is 2.67. The number of carboxylic acids is 1. The number of aliphatic carboxylic acids is 1. The fraction of sp³-hybridized carbons (Fsp3) is 0.385. The summed E-state index contributed by atoms with van der Waals surface area (Å²) in [5, 5.41) is 11.0. The Kier molecular flexibility index (Phi) is 4.42. The van der Waals surface area contributed by atoms with E-state index >= 15 is 0 Å². The number of carboxylic acid groups (broad SMARTS) is 1. The van der Waals surface area contributed by atoms with E-state index < -0.39 is 46.3 Å². The number of benzene rings is 1. The number of carbonyl (C=O) groups excluding carboxylic acids is 1. The third-order valence-corrected chi connectivity index (χ3v) is 2.67. The molecule has 0 heterocycles. The number of hydrogen-bond donors (Lipinski definition) is 2. The summed E-state index contributed by atoms with van der Waals surface area (Å²) in [6, 6.07) is 1.47. The molecular formula is C13H14F3NO3. The zero-order chi connectivity index (χ0) is 15.7. The first-order valence-electron chi connectivity index (χ1n) is 5.73. The van der Waals surface area contributed by atoms with Gasteiger partial charge in [0.05, 0.1) is 5.69 Å². The Morgan fingerprint density at radius 1 is 1.15 bits per heavy atom. The molecule has 0 saturated carbocycles. The average Bonchev–Trinajstić information content (AvgIpc) is 2.27. The van der Waals surface area contributed by atoms with Crippen molar-refractivity contribution in [2.75, 3.05) is 5.32 Å². The Bertz CT molecular complexity index is 553. The Labute approximate surface area is 113 Å². The monoisotopic (exact) mass is 289 g/mol. The van der Waals surface area contributed by atoms with Crippen LogP contribution in [-0.2, 0) is 9.59 Å². The van der Waals surface area contributed by atoms with Crippen LogP contribution in [0.4, 0.5) is 18.9 Å². The maximum absolute atomic E-state index is 13.4. The van der Waals surface area contributed by atoms with Crippen molar-refractivity contribution in [2.45, 2.75) is 20.8 Å². The minimum atomic E-state index is -1.73. The van der Waals surface area contributed by atoms with Crippen LogP contribution < -0.4 is 5.32 Å². The third kappa shape index (κ3) is 3.28. The van der Waals surface area contributed by atoms with Gasteiger partial charge in [0.2, 0.25) is 5.91 Å². The minimum Gasteiger partial charge on any atom is -0.481 e. The second-order valence-electron chi connectivity index (χ2n) is 5.35. The van der Waals surface area contributed by atoms with Gasteiger partial charge in [-0.25, -0.2) is 13.2 Å². The van der Waals surface area contributed by atoms with Gasteiger partial charge in [-0.1, -0.05) is 20.8 Å². The number of nitrogens with one attached hydrogen (secondary N) is 1. The van der Waals surface area contributed by atoms with Crippen LogP contribution in [0.3, 0.4) is 0 Å².